The van der Waals surface area contributed by atoms with E-state index in [0.29, 0.717) is 0 Å². The zero-order chi connectivity index (χ0) is 40.1. The first-order valence-electron chi connectivity index (χ1n) is 19.4. The van der Waals surface area contributed by atoms with Gasteiger partial charge in [0.1, 0.15) is 0 Å². The Balaban J connectivity index is 0.000000180. The van der Waals surface area contributed by atoms with Crippen molar-refractivity contribution in [2.45, 2.75) is 27.7 Å². The van der Waals surface area contributed by atoms with Crippen LogP contribution in [0.1, 0.15) is 27.8 Å². The highest BCUT2D eigenvalue weighted by Gasteiger charge is 2.13. The topological polar surface area (TPSA) is 25.2 Å². The van der Waals surface area contributed by atoms with E-state index < -0.39 is 0 Å². The maximum absolute atomic E-state index is 7.00. The lowest BCUT2D eigenvalue weighted by Gasteiger charge is -2.10. The standard InChI is InChI=1S/C31H23N.C13H12.C10H12.CH4O/c1-22-8-7-11-25(20-22)26-16-19-31-29(21-26)28-12-5-6-13-30(28)32(31)27-17-14-24(15-18-27)23-9-3-2-4-10-23;1-11-7-9-13(10-8-11)12-5-3-2-4-6-12;1-4-10-7-8(2)5-6-9(10)3;1-2/h2-21H,1H3;2-10H,1H3;4-7H,1H2,2-3H3;2H,1H3. The van der Waals surface area contributed by atoms with Crippen molar-refractivity contribution < 1.29 is 5.11 Å². The molecule has 0 bridgehead atoms. The number of benzene rings is 8. The number of hydrogen-bond acceptors (Lipinski definition) is 1. The Morgan fingerprint density at radius 1 is 0.386 bits per heavy atom. The van der Waals surface area contributed by atoms with Gasteiger partial charge < -0.3 is 9.67 Å². The molecule has 0 saturated heterocycles. The highest BCUT2D eigenvalue weighted by molar-refractivity contribution is 6.10. The van der Waals surface area contributed by atoms with Gasteiger partial charge in [-0.15, -0.1) is 0 Å². The van der Waals surface area contributed by atoms with Crippen molar-refractivity contribution in [3.63, 3.8) is 0 Å². The van der Waals surface area contributed by atoms with Crippen LogP contribution in [0.2, 0.25) is 0 Å². The highest BCUT2D eigenvalue weighted by atomic mass is 16.2. The number of fused-ring (bicyclic) bond motifs is 3. The highest BCUT2D eigenvalue weighted by Crippen LogP contribution is 2.35. The molecule has 0 fully saturated rings. The lowest BCUT2D eigenvalue weighted by atomic mass is 10.0. The van der Waals surface area contributed by atoms with Crippen molar-refractivity contribution in [2.75, 3.05) is 7.11 Å². The molecule has 0 unspecified atom stereocenters. The van der Waals surface area contributed by atoms with E-state index >= 15 is 0 Å². The molecule has 1 heterocycles. The third-order valence-corrected chi connectivity index (χ3v) is 10.1. The van der Waals surface area contributed by atoms with Gasteiger partial charge >= 0.3 is 0 Å². The van der Waals surface area contributed by atoms with Crippen LogP contribution in [0, 0.1) is 27.7 Å². The van der Waals surface area contributed by atoms with Crippen LogP contribution in [0.25, 0.3) is 66.9 Å². The van der Waals surface area contributed by atoms with Crippen LogP contribution in [0.3, 0.4) is 0 Å². The summed E-state index contributed by atoms with van der Waals surface area (Å²) in [6.45, 7) is 12.2. The third-order valence-electron chi connectivity index (χ3n) is 10.1. The number of aliphatic hydroxyl groups excluding tert-OH is 1. The minimum Gasteiger partial charge on any atom is -0.400 e. The predicted octanol–water partition coefficient (Wildman–Crippen LogP) is 14.6. The number of aryl methyl sites for hydroxylation is 4. The second kappa shape index (κ2) is 19.2. The molecular formula is C55H51NO. The summed E-state index contributed by atoms with van der Waals surface area (Å²) in [7, 11) is 1.00. The summed E-state index contributed by atoms with van der Waals surface area (Å²) in [5, 5.41) is 9.57. The SMILES string of the molecule is C=Cc1cc(C)ccc1C.CO.Cc1ccc(-c2ccccc2)cc1.Cc1cccc(-c2ccc3c(c2)c2ccccc2n3-c2ccc(-c3ccccc3)cc2)c1. The van der Waals surface area contributed by atoms with Gasteiger partial charge in [-0.1, -0.05) is 193 Å². The van der Waals surface area contributed by atoms with Crippen molar-refractivity contribution in [3.8, 4) is 39.1 Å². The van der Waals surface area contributed by atoms with E-state index in [1.165, 1.54) is 88.7 Å². The molecule has 0 aliphatic heterocycles. The zero-order valence-corrected chi connectivity index (χ0v) is 33.7. The summed E-state index contributed by atoms with van der Waals surface area (Å²) in [4.78, 5) is 0. The molecule has 57 heavy (non-hydrogen) atoms. The van der Waals surface area contributed by atoms with Gasteiger partial charge in [0.2, 0.25) is 0 Å². The minimum absolute atomic E-state index is 1.00. The van der Waals surface area contributed by atoms with Gasteiger partial charge in [-0.25, -0.2) is 0 Å². The lowest BCUT2D eigenvalue weighted by molar-refractivity contribution is 0.399. The van der Waals surface area contributed by atoms with E-state index in [1.807, 2.05) is 12.1 Å². The quantitative estimate of drug-likeness (QED) is 0.187. The first-order valence-corrected chi connectivity index (χ1v) is 19.4. The van der Waals surface area contributed by atoms with E-state index in [1.54, 1.807) is 0 Å². The van der Waals surface area contributed by atoms with Crippen molar-refractivity contribution in [1.82, 2.24) is 4.57 Å². The van der Waals surface area contributed by atoms with E-state index in [-0.39, 0.29) is 0 Å². The molecule has 8 aromatic carbocycles. The maximum Gasteiger partial charge on any atom is 0.0541 e. The molecule has 2 heteroatoms. The largest absolute Gasteiger partial charge is 0.400 e. The van der Waals surface area contributed by atoms with Crippen molar-refractivity contribution in [3.05, 3.63) is 229 Å². The second-order valence-electron chi connectivity index (χ2n) is 14.2. The van der Waals surface area contributed by atoms with Crippen LogP contribution < -0.4 is 0 Å². The van der Waals surface area contributed by atoms with Gasteiger partial charge in [0.25, 0.3) is 0 Å². The summed E-state index contributed by atoms with van der Waals surface area (Å²) >= 11 is 0. The monoisotopic (exact) mass is 741 g/mol. The Labute approximate surface area is 338 Å². The zero-order valence-electron chi connectivity index (χ0n) is 33.7. The maximum atomic E-state index is 7.00. The molecule has 1 N–H and O–H groups in total. The fourth-order valence-corrected chi connectivity index (χ4v) is 7.05. The second-order valence-corrected chi connectivity index (χ2v) is 14.2. The van der Waals surface area contributed by atoms with Gasteiger partial charge in [-0.3, -0.25) is 0 Å². The van der Waals surface area contributed by atoms with Gasteiger partial charge in [0, 0.05) is 23.6 Å². The Morgan fingerprint density at radius 3 is 1.46 bits per heavy atom. The van der Waals surface area contributed by atoms with Crippen LogP contribution in [0.15, 0.2) is 201 Å². The summed E-state index contributed by atoms with van der Waals surface area (Å²) in [6.07, 6.45) is 1.89. The molecule has 0 aliphatic carbocycles. The van der Waals surface area contributed by atoms with Crippen LogP contribution in [-0.2, 0) is 0 Å². The smallest absolute Gasteiger partial charge is 0.0541 e. The Hall–Kier alpha value is -6.74. The molecule has 1 aromatic heterocycles. The molecule has 282 valence electrons. The Morgan fingerprint density at radius 2 is 0.860 bits per heavy atom. The summed E-state index contributed by atoms with van der Waals surface area (Å²) in [5.74, 6) is 0. The van der Waals surface area contributed by atoms with Gasteiger partial charge in [0.05, 0.1) is 11.0 Å². The average molecular weight is 742 g/mol. The van der Waals surface area contributed by atoms with E-state index in [9.17, 15) is 0 Å². The molecule has 0 atom stereocenters. The molecule has 0 radical (unpaired) electrons. The molecule has 0 aliphatic rings. The first-order chi connectivity index (χ1) is 27.9. The van der Waals surface area contributed by atoms with E-state index in [0.717, 1.165) is 7.11 Å². The molecule has 0 saturated carbocycles. The van der Waals surface area contributed by atoms with Crippen LogP contribution in [0.4, 0.5) is 0 Å². The summed E-state index contributed by atoms with van der Waals surface area (Å²) in [6, 6.07) is 69.1. The van der Waals surface area contributed by atoms with Crippen LogP contribution in [0.5, 0.6) is 0 Å². The van der Waals surface area contributed by atoms with Crippen molar-refractivity contribution in [1.29, 1.82) is 0 Å². The van der Waals surface area contributed by atoms with Gasteiger partial charge in [-0.2, -0.15) is 0 Å². The predicted molar refractivity (Wildman–Crippen MR) is 247 cm³/mol. The lowest BCUT2D eigenvalue weighted by Crippen LogP contribution is -1.93. The average Bonchev–Trinajstić information content (AvgIpc) is 3.60. The number of nitrogens with zero attached hydrogens (tertiary/aromatic N) is 1. The molecule has 9 aromatic rings. The fraction of sp³-hybridized carbons (Fsp3) is 0.0909. The Bertz CT molecular complexity index is 2670. The Kier molecular flexibility index (Phi) is 13.5. The number of aromatic nitrogens is 1. The van der Waals surface area contributed by atoms with E-state index in [2.05, 4.69) is 227 Å². The molecular weight excluding hydrogens is 691 g/mol. The number of rotatable bonds is 5. The molecule has 9 rings (SSSR count). The third kappa shape index (κ3) is 9.74. The minimum atomic E-state index is 1.00. The van der Waals surface area contributed by atoms with Crippen molar-refractivity contribution >= 4 is 27.9 Å². The van der Waals surface area contributed by atoms with Gasteiger partial charge in [-0.05, 0) is 103 Å². The van der Waals surface area contributed by atoms with E-state index in [4.69, 9.17) is 5.11 Å². The fourth-order valence-electron chi connectivity index (χ4n) is 7.05. The van der Waals surface area contributed by atoms with Crippen LogP contribution >= 0.6 is 0 Å². The summed E-state index contributed by atoms with van der Waals surface area (Å²) in [5.41, 5.74) is 17.6. The molecule has 0 amide bonds. The normalized spacial score (nSPS) is 10.4. The van der Waals surface area contributed by atoms with Crippen LogP contribution in [-0.4, -0.2) is 16.8 Å². The van der Waals surface area contributed by atoms with Gasteiger partial charge in [0.15, 0.2) is 0 Å². The first kappa shape index (κ1) is 39.9. The molecule has 0 spiro atoms. The molecule has 2 nitrogen and oxygen atoms in total. The summed E-state index contributed by atoms with van der Waals surface area (Å²) < 4.78 is 2.37. The number of para-hydroxylation sites is 1. The number of aliphatic hydroxyl groups is 1. The number of hydrogen-bond donors (Lipinski definition) is 1. The van der Waals surface area contributed by atoms with Crippen molar-refractivity contribution in [2.24, 2.45) is 0 Å².